The highest BCUT2D eigenvalue weighted by Gasteiger charge is 2.33. The number of benzene rings is 1. The number of pyridine rings is 1. The molecule has 0 unspecified atom stereocenters. The first-order chi connectivity index (χ1) is 12.4. The minimum Gasteiger partial charge on any atom is -0.378 e. The van der Waals surface area contributed by atoms with Crippen LogP contribution < -0.4 is 5.32 Å². The number of aromatic nitrogens is 1. The fourth-order valence-corrected chi connectivity index (χ4v) is 3.36. The van der Waals surface area contributed by atoms with Crippen LogP contribution in [0.25, 0.3) is 0 Å². The van der Waals surface area contributed by atoms with E-state index < -0.39 is 5.60 Å². The average molecular weight is 369 g/mol. The Bertz CT molecular complexity index is 872. The fourth-order valence-electron chi connectivity index (χ4n) is 3.17. The second-order valence-electron chi connectivity index (χ2n) is 6.72. The van der Waals surface area contributed by atoms with Crippen molar-refractivity contribution in [1.82, 2.24) is 10.3 Å². The number of aryl methyl sites for hydroxylation is 1. The Balaban J connectivity index is 1.68. The fraction of sp³-hybridized carbons (Fsp3) is 0.333. The van der Waals surface area contributed by atoms with E-state index in [-0.39, 0.29) is 11.9 Å². The Labute approximate surface area is 158 Å². The molecule has 1 aromatic carbocycles. The van der Waals surface area contributed by atoms with Crippen molar-refractivity contribution in [1.29, 1.82) is 0 Å². The summed E-state index contributed by atoms with van der Waals surface area (Å²) in [6.07, 6.45) is 2.61. The lowest BCUT2D eigenvalue weighted by atomic mass is 9.82. The van der Waals surface area contributed by atoms with E-state index in [0.29, 0.717) is 23.6 Å². The SMILES string of the molecule is Cc1cccc(C(=O)N[C@@H]2CCC[C@](O)(C#Cc3cccc(Cl)c3)C2)n1. The van der Waals surface area contributed by atoms with E-state index in [1.807, 2.05) is 31.2 Å². The molecule has 1 fully saturated rings. The summed E-state index contributed by atoms with van der Waals surface area (Å²) in [6, 6.07) is 12.5. The lowest BCUT2D eigenvalue weighted by molar-refractivity contribution is 0.0451. The number of nitrogens with zero attached hydrogens (tertiary/aromatic N) is 1. The topological polar surface area (TPSA) is 62.2 Å². The monoisotopic (exact) mass is 368 g/mol. The summed E-state index contributed by atoms with van der Waals surface area (Å²) in [7, 11) is 0. The molecule has 26 heavy (non-hydrogen) atoms. The van der Waals surface area contributed by atoms with Crippen molar-refractivity contribution >= 4 is 17.5 Å². The zero-order chi connectivity index (χ0) is 18.6. The Kier molecular flexibility index (Phi) is 5.61. The summed E-state index contributed by atoms with van der Waals surface area (Å²) in [4.78, 5) is 16.6. The summed E-state index contributed by atoms with van der Waals surface area (Å²) >= 11 is 5.97. The summed E-state index contributed by atoms with van der Waals surface area (Å²) in [6.45, 7) is 1.85. The highest BCUT2D eigenvalue weighted by molar-refractivity contribution is 6.30. The maximum absolute atomic E-state index is 12.4. The van der Waals surface area contributed by atoms with E-state index in [1.165, 1.54) is 0 Å². The highest BCUT2D eigenvalue weighted by atomic mass is 35.5. The molecule has 1 aliphatic rings. The Morgan fingerprint density at radius 1 is 1.35 bits per heavy atom. The Morgan fingerprint density at radius 3 is 2.92 bits per heavy atom. The first-order valence-corrected chi connectivity index (χ1v) is 9.07. The zero-order valence-electron chi connectivity index (χ0n) is 14.6. The first kappa shape index (κ1) is 18.4. The molecule has 1 aliphatic carbocycles. The molecule has 3 rings (SSSR count). The van der Waals surface area contributed by atoms with Crippen LogP contribution in [0, 0.1) is 18.8 Å². The molecule has 0 aliphatic heterocycles. The standard InChI is InChI=1S/C21H21ClN2O2/c1-15-5-2-9-19(23-15)20(25)24-18-8-4-11-21(26,14-18)12-10-16-6-3-7-17(22)13-16/h2-3,5-7,9,13,18,26H,4,8,11,14H2,1H3,(H,24,25)/t18-,21+/m1/s1. The number of hydrogen-bond acceptors (Lipinski definition) is 3. The minimum absolute atomic E-state index is 0.128. The molecule has 0 radical (unpaired) electrons. The van der Waals surface area contributed by atoms with Crippen LogP contribution >= 0.6 is 11.6 Å². The summed E-state index contributed by atoms with van der Waals surface area (Å²) in [5.41, 5.74) is 0.841. The maximum Gasteiger partial charge on any atom is 0.270 e. The molecule has 5 heteroatoms. The van der Waals surface area contributed by atoms with Crippen molar-refractivity contribution in [3.8, 4) is 11.8 Å². The highest BCUT2D eigenvalue weighted by Crippen LogP contribution is 2.28. The first-order valence-electron chi connectivity index (χ1n) is 8.69. The third kappa shape index (κ3) is 4.85. The van der Waals surface area contributed by atoms with Gasteiger partial charge in [-0.2, -0.15) is 0 Å². The number of hydrogen-bond donors (Lipinski definition) is 2. The van der Waals surface area contributed by atoms with E-state index in [2.05, 4.69) is 22.1 Å². The second-order valence-corrected chi connectivity index (χ2v) is 7.16. The number of nitrogens with one attached hydrogen (secondary N) is 1. The minimum atomic E-state index is -1.11. The summed E-state index contributed by atoms with van der Waals surface area (Å²) < 4.78 is 0. The number of aliphatic hydroxyl groups is 1. The largest absolute Gasteiger partial charge is 0.378 e. The number of rotatable bonds is 2. The van der Waals surface area contributed by atoms with Crippen LogP contribution in [0.15, 0.2) is 42.5 Å². The number of carbonyl (C=O) groups is 1. The normalized spacial score (nSPS) is 22.2. The molecule has 1 amide bonds. The molecule has 2 atom stereocenters. The number of carbonyl (C=O) groups excluding carboxylic acids is 1. The van der Waals surface area contributed by atoms with Gasteiger partial charge in [-0.05, 0) is 56.5 Å². The van der Waals surface area contributed by atoms with E-state index in [0.717, 1.165) is 24.1 Å². The number of halogens is 1. The van der Waals surface area contributed by atoms with E-state index >= 15 is 0 Å². The van der Waals surface area contributed by atoms with E-state index in [9.17, 15) is 9.90 Å². The maximum atomic E-state index is 12.4. The van der Waals surface area contributed by atoms with Crippen molar-refractivity contribution in [2.24, 2.45) is 0 Å². The van der Waals surface area contributed by atoms with Crippen LogP contribution in [0.2, 0.25) is 5.02 Å². The van der Waals surface area contributed by atoms with Gasteiger partial charge < -0.3 is 10.4 Å². The summed E-state index contributed by atoms with van der Waals surface area (Å²) in [5.74, 6) is 5.76. The van der Waals surface area contributed by atoms with Crippen LogP contribution in [-0.2, 0) is 0 Å². The predicted octanol–water partition coefficient (Wildman–Crippen LogP) is 3.50. The molecule has 0 saturated heterocycles. The van der Waals surface area contributed by atoms with Crippen molar-refractivity contribution in [3.63, 3.8) is 0 Å². The van der Waals surface area contributed by atoms with Gasteiger partial charge in [0.1, 0.15) is 11.3 Å². The number of amides is 1. The smallest absolute Gasteiger partial charge is 0.270 e. The van der Waals surface area contributed by atoms with Crippen LogP contribution in [-0.4, -0.2) is 27.6 Å². The van der Waals surface area contributed by atoms with E-state index in [4.69, 9.17) is 11.6 Å². The van der Waals surface area contributed by atoms with Gasteiger partial charge in [-0.25, -0.2) is 4.98 Å². The molecule has 2 N–H and O–H groups in total. The van der Waals surface area contributed by atoms with Gasteiger partial charge in [-0.3, -0.25) is 4.79 Å². The van der Waals surface area contributed by atoms with Gasteiger partial charge in [0.2, 0.25) is 0 Å². The molecule has 0 bridgehead atoms. The van der Waals surface area contributed by atoms with Gasteiger partial charge in [-0.1, -0.05) is 35.6 Å². The average Bonchev–Trinajstić information content (AvgIpc) is 2.60. The van der Waals surface area contributed by atoms with Gasteiger partial charge in [0.25, 0.3) is 5.91 Å². The quantitative estimate of drug-likeness (QED) is 0.797. The van der Waals surface area contributed by atoms with Crippen molar-refractivity contribution in [2.75, 3.05) is 0 Å². The van der Waals surface area contributed by atoms with Gasteiger partial charge in [0.15, 0.2) is 0 Å². The lowest BCUT2D eigenvalue weighted by Gasteiger charge is -2.33. The Morgan fingerprint density at radius 2 is 2.15 bits per heavy atom. The predicted molar refractivity (Wildman–Crippen MR) is 102 cm³/mol. The molecule has 134 valence electrons. The van der Waals surface area contributed by atoms with Crippen LogP contribution in [0.1, 0.15) is 47.4 Å². The van der Waals surface area contributed by atoms with Gasteiger partial charge >= 0.3 is 0 Å². The van der Waals surface area contributed by atoms with Gasteiger partial charge in [0, 0.05) is 28.7 Å². The second kappa shape index (κ2) is 7.90. The third-order valence-electron chi connectivity index (χ3n) is 4.45. The molecule has 2 aromatic rings. The summed E-state index contributed by atoms with van der Waals surface area (Å²) in [5, 5.41) is 14.4. The van der Waals surface area contributed by atoms with Crippen LogP contribution in [0.5, 0.6) is 0 Å². The van der Waals surface area contributed by atoms with Crippen LogP contribution in [0.3, 0.4) is 0 Å². The van der Waals surface area contributed by atoms with Crippen molar-refractivity contribution in [2.45, 2.75) is 44.2 Å². The third-order valence-corrected chi connectivity index (χ3v) is 4.68. The van der Waals surface area contributed by atoms with E-state index in [1.54, 1.807) is 18.2 Å². The van der Waals surface area contributed by atoms with Crippen molar-refractivity contribution in [3.05, 3.63) is 64.4 Å². The lowest BCUT2D eigenvalue weighted by Crippen LogP contribution is -2.45. The molecule has 1 saturated carbocycles. The van der Waals surface area contributed by atoms with Gasteiger partial charge in [0.05, 0.1) is 0 Å². The molecule has 1 aromatic heterocycles. The molecule has 0 spiro atoms. The van der Waals surface area contributed by atoms with Gasteiger partial charge in [-0.15, -0.1) is 0 Å². The molecular formula is C21H21ClN2O2. The Hall–Kier alpha value is -2.35. The molecule has 1 heterocycles. The van der Waals surface area contributed by atoms with Crippen LogP contribution in [0.4, 0.5) is 0 Å². The molecular weight excluding hydrogens is 348 g/mol. The zero-order valence-corrected chi connectivity index (χ0v) is 15.4. The molecule has 4 nitrogen and oxygen atoms in total. The van der Waals surface area contributed by atoms with Crippen molar-refractivity contribution < 1.29 is 9.90 Å².